The van der Waals surface area contributed by atoms with Gasteiger partial charge in [0.15, 0.2) is 0 Å². The van der Waals surface area contributed by atoms with Gasteiger partial charge in [0.2, 0.25) is 0 Å². The van der Waals surface area contributed by atoms with Crippen molar-refractivity contribution in [2.24, 2.45) is 0 Å². The first kappa shape index (κ1) is 12.6. The number of allylic oxidation sites excluding steroid dienone is 1. The largest absolute Gasteiger partial charge is 0.0795 e. The Labute approximate surface area is 110 Å². The van der Waals surface area contributed by atoms with Gasteiger partial charge in [0, 0.05) is 0 Å². The summed E-state index contributed by atoms with van der Waals surface area (Å²) in [7, 11) is 0. The van der Waals surface area contributed by atoms with Crippen LogP contribution in [0.4, 0.5) is 0 Å². The van der Waals surface area contributed by atoms with Crippen LogP contribution in [0.25, 0.3) is 6.08 Å². The first-order chi connectivity index (χ1) is 8.68. The van der Waals surface area contributed by atoms with Crippen molar-refractivity contribution in [2.75, 3.05) is 0 Å². The van der Waals surface area contributed by atoms with E-state index < -0.39 is 0 Å². The minimum absolute atomic E-state index is 1.00. The SMILES string of the molecule is Cc1ccccc1/C=C\Cc1cccc(C)c1C. The van der Waals surface area contributed by atoms with Gasteiger partial charge in [0.1, 0.15) is 0 Å². The van der Waals surface area contributed by atoms with Crippen molar-refractivity contribution >= 4 is 6.08 Å². The van der Waals surface area contributed by atoms with Gasteiger partial charge in [0.25, 0.3) is 0 Å². The molecule has 0 N–H and O–H groups in total. The van der Waals surface area contributed by atoms with Gasteiger partial charge in [-0.3, -0.25) is 0 Å². The predicted molar refractivity (Wildman–Crippen MR) is 79.8 cm³/mol. The zero-order valence-corrected chi connectivity index (χ0v) is 11.4. The van der Waals surface area contributed by atoms with E-state index >= 15 is 0 Å². The molecule has 0 nitrogen and oxygen atoms in total. The average molecular weight is 236 g/mol. The quantitative estimate of drug-likeness (QED) is 0.713. The first-order valence-corrected chi connectivity index (χ1v) is 6.46. The maximum atomic E-state index is 2.25. The summed E-state index contributed by atoms with van der Waals surface area (Å²) in [6.07, 6.45) is 5.48. The molecule has 0 fully saturated rings. The number of hydrogen-bond acceptors (Lipinski definition) is 0. The second kappa shape index (κ2) is 5.68. The maximum Gasteiger partial charge on any atom is -0.00914 e. The van der Waals surface area contributed by atoms with Crippen LogP contribution in [0.3, 0.4) is 0 Å². The molecule has 0 spiro atoms. The molecule has 0 bridgehead atoms. The third-order valence-electron chi connectivity index (χ3n) is 3.54. The van der Waals surface area contributed by atoms with Crippen LogP contribution in [0.15, 0.2) is 48.5 Å². The van der Waals surface area contributed by atoms with Crippen molar-refractivity contribution in [1.29, 1.82) is 0 Å². The average Bonchev–Trinajstić information content (AvgIpc) is 2.37. The highest BCUT2D eigenvalue weighted by Crippen LogP contribution is 2.15. The fourth-order valence-corrected chi connectivity index (χ4v) is 2.12. The summed E-state index contributed by atoms with van der Waals surface area (Å²) in [5.74, 6) is 0. The van der Waals surface area contributed by atoms with E-state index in [9.17, 15) is 0 Å². The topological polar surface area (TPSA) is 0 Å². The Morgan fingerprint density at radius 3 is 2.33 bits per heavy atom. The zero-order valence-electron chi connectivity index (χ0n) is 11.4. The molecule has 2 aromatic carbocycles. The minimum Gasteiger partial charge on any atom is -0.0795 e. The molecular weight excluding hydrogens is 216 g/mol. The summed E-state index contributed by atoms with van der Waals surface area (Å²) in [5, 5.41) is 0. The Balaban J connectivity index is 2.13. The number of benzene rings is 2. The van der Waals surface area contributed by atoms with E-state index in [0.29, 0.717) is 0 Å². The van der Waals surface area contributed by atoms with E-state index in [1.54, 1.807) is 0 Å². The standard InChI is InChI=1S/C18H20/c1-14-9-6-12-18(16(14)3)13-7-11-17-10-5-4-8-15(17)2/h4-12H,13H2,1-3H3/b11-7-. The third-order valence-corrected chi connectivity index (χ3v) is 3.54. The van der Waals surface area contributed by atoms with E-state index in [0.717, 1.165) is 6.42 Å². The Morgan fingerprint density at radius 2 is 1.56 bits per heavy atom. The highest BCUT2D eigenvalue weighted by atomic mass is 14.0. The fourth-order valence-electron chi connectivity index (χ4n) is 2.12. The molecule has 2 aromatic rings. The van der Waals surface area contributed by atoms with Gasteiger partial charge in [-0.2, -0.15) is 0 Å². The zero-order chi connectivity index (χ0) is 13.0. The molecule has 0 aliphatic rings. The number of rotatable bonds is 3. The molecule has 0 radical (unpaired) electrons. The highest BCUT2D eigenvalue weighted by Gasteiger charge is 1.98. The van der Waals surface area contributed by atoms with Crippen molar-refractivity contribution in [1.82, 2.24) is 0 Å². The third kappa shape index (κ3) is 2.89. The second-order valence-electron chi connectivity index (χ2n) is 4.82. The Bertz CT molecular complexity index is 562. The van der Waals surface area contributed by atoms with Crippen molar-refractivity contribution < 1.29 is 0 Å². The lowest BCUT2D eigenvalue weighted by molar-refractivity contribution is 1.18. The fraction of sp³-hybridized carbons (Fsp3) is 0.222. The smallest absolute Gasteiger partial charge is 0.00914 e. The molecule has 0 heteroatoms. The Kier molecular flexibility index (Phi) is 3.99. The molecular formula is C18H20. The van der Waals surface area contributed by atoms with E-state index in [2.05, 4.69) is 75.4 Å². The van der Waals surface area contributed by atoms with Gasteiger partial charge in [0.05, 0.1) is 0 Å². The summed E-state index contributed by atoms with van der Waals surface area (Å²) in [6.45, 7) is 6.52. The molecule has 18 heavy (non-hydrogen) atoms. The maximum absolute atomic E-state index is 2.25. The van der Waals surface area contributed by atoms with Crippen molar-refractivity contribution in [3.05, 3.63) is 76.4 Å². The molecule has 0 amide bonds. The summed E-state index contributed by atoms with van der Waals surface area (Å²) in [6, 6.07) is 15.0. The Hall–Kier alpha value is -1.82. The second-order valence-corrected chi connectivity index (χ2v) is 4.82. The van der Waals surface area contributed by atoms with Gasteiger partial charge >= 0.3 is 0 Å². The van der Waals surface area contributed by atoms with Gasteiger partial charge in [-0.15, -0.1) is 0 Å². The molecule has 2 rings (SSSR count). The number of aryl methyl sites for hydroxylation is 2. The molecule has 0 aromatic heterocycles. The molecule has 0 heterocycles. The van der Waals surface area contributed by atoms with E-state index in [1.807, 2.05) is 0 Å². The lowest BCUT2D eigenvalue weighted by Crippen LogP contribution is -1.89. The van der Waals surface area contributed by atoms with Gasteiger partial charge in [-0.05, 0) is 55.0 Å². The van der Waals surface area contributed by atoms with Crippen LogP contribution in [0, 0.1) is 20.8 Å². The van der Waals surface area contributed by atoms with E-state index in [1.165, 1.54) is 27.8 Å². The molecule has 0 aliphatic carbocycles. The molecule has 0 unspecified atom stereocenters. The first-order valence-electron chi connectivity index (χ1n) is 6.46. The van der Waals surface area contributed by atoms with Crippen molar-refractivity contribution in [3.8, 4) is 0 Å². The molecule has 0 aliphatic heterocycles. The minimum atomic E-state index is 1.00. The highest BCUT2D eigenvalue weighted by molar-refractivity contribution is 5.53. The predicted octanol–water partition coefficient (Wildman–Crippen LogP) is 4.87. The van der Waals surface area contributed by atoms with Crippen LogP contribution in [0.2, 0.25) is 0 Å². The van der Waals surface area contributed by atoms with Crippen LogP contribution in [-0.4, -0.2) is 0 Å². The molecule has 0 saturated carbocycles. The summed E-state index contributed by atoms with van der Waals surface area (Å²) < 4.78 is 0. The summed E-state index contributed by atoms with van der Waals surface area (Å²) in [5.41, 5.74) is 6.83. The van der Waals surface area contributed by atoms with Crippen LogP contribution in [0.1, 0.15) is 27.8 Å². The van der Waals surface area contributed by atoms with E-state index in [4.69, 9.17) is 0 Å². The van der Waals surface area contributed by atoms with Gasteiger partial charge in [-0.1, -0.05) is 54.6 Å². The van der Waals surface area contributed by atoms with E-state index in [-0.39, 0.29) is 0 Å². The van der Waals surface area contributed by atoms with Gasteiger partial charge in [-0.25, -0.2) is 0 Å². The molecule has 0 atom stereocenters. The van der Waals surface area contributed by atoms with Gasteiger partial charge < -0.3 is 0 Å². The summed E-state index contributed by atoms with van der Waals surface area (Å²) in [4.78, 5) is 0. The lowest BCUT2D eigenvalue weighted by Gasteiger charge is -2.06. The van der Waals surface area contributed by atoms with Crippen LogP contribution in [-0.2, 0) is 6.42 Å². The molecule has 92 valence electrons. The van der Waals surface area contributed by atoms with Crippen LogP contribution < -0.4 is 0 Å². The monoisotopic (exact) mass is 236 g/mol. The van der Waals surface area contributed by atoms with Crippen molar-refractivity contribution in [2.45, 2.75) is 27.2 Å². The van der Waals surface area contributed by atoms with Crippen LogP contribution >= 0.6 is 0 Å². The van der Waals surface area contributed by atoms with Crippen molar-refractivity contribution in [3.63, 3.8) is 0 Å². The molecule has 0 saturated heterocycles. The normalized spacial score (nSPS) is 11.1. The van der Waals surface area contributed by atoms with Crippen LogP contribution in [0.5, 0.6) is 0 Å². The number of hydrogen-bond donors (Lipinski definition) is 0. The Morgan fingerprint density at radius 1 is 0.833 bits per heavy atom. The summed E-state index contributed by atoms with van der Waals surface area (Å²) >= 11 is 0. The lowest BCUT2D eigenvalue weighted by atomic mass is 10.0.